The van der Waals surface area contributed by atoms with E-state index < -0.39 is 11.7 Å². The van der Waals surface area contributed by atoms with E-state index in [1.807, 2.05) is 0 Å². The lowest BCUT2D eigenvalue weighted by Gasteiger charge is -2.24. The molecule has 17 heavy (non-hydrogen) atoms. The molecular formula is C13H13F3O. The van der Waals surface area contributed by atoms with Crippen molar-refractivity contribution in [3.8, 4) is 0 Å². The largest absolute Gasteiger partial charge is 0.416 e. The van der Waals surface area contributed by atoms with Crippen molar-refractivity contribution in [1.82, 2.24) is 0 Å². The first kappa shape index (κ1) is 12.1. The fraction of sp³-hybridized carbons (Fsp3) is 0.462. The van der Waals surface area contributed by atoms with Gasteiger partial charge in [-0.1, -0.05) is 18.2 Å². The number of alkyl halides is 3. The predicted octanol–water partition coefficient (Wildman–Crippen LogP) is 3.93. The third-order valence-electron chi connectivity index (χ3n) is 3.19. The molecule has 1 unspecified atom stereocenters. The Hall–Kier alpha value is -1.32. The van der Waals surface area contributed by atoms with E-state index in [2.05, 4.69) is 0 Å². The predicted molar refractivity (Wildman–Crippen MR) is 57.7 cm³/mol. The second kappa shape index (κ2) is 4.51. The topological polar surface area (TPSA) is 17.1 Å². The maximum atomic E-state index is 12.8. The summed E-state index contributed by atoms with van der Waals surface area (Å²) in [5.74, 6) is -0.202. The van der Waals surface area contributed by atoms with Crippen molar-refractivity contribution in [2.45, 2.75) is 37.8 Å². The lowest BCUT2D eigenvalue weighted by atomic mass is 9.81. The van der Waals surface area contributed by atoms with Crippen molar-refractivity contribution < 1.29 is 18.0 Å². The molecule has 1 aliphatic carbocycles. The summed E-state index contributed by atoms with van der Waals surface area (Å²) in [6.45, 7) is 0. The van der Waals surface area contributed by atoms with E-state index >= 15 is 0 Å². The summed E-state index contributed by atoms with van der Waals surface area (Å²) in [6, 6.07) is 5.57. The van der Waals surface area contributed by atoms with E-state index in [0.717, 1.165) is 6.07 Å². The number of hydrogen-bond donors (Lipinski definition) is 0. The zero-order valence-corrected chi connectivity index (χ0v) is 9.26. The molecule has 1 atom stereocenters. The van der Waals surface area contributed by atoms with Crippen LogP contribution in [-0.4, -0.2) is 5.78 Å². The molecule has 0 heterocycles. The van der Waals surface area contributed by atoms with Crippen LogP contribution in [-0.2, 0) is 11.0 Å². The quantitative estimate of drug-likeness (QED) is 0.729. The van der Waals surface area contributed by atoms with Gasteiger partial charge in [-0.2, -0.15) is 13.2 Å². The molecule has 1 fully saturated rings. The minimum Gasteiger partial charge on any atom is -0.300 e. The van der Waals surface area contributed by atoms with Gasteiger partial charge in [0.2, 0.25) is 0 Å². The van der Waals surface area contributed by atoms with Crippen LogP contribution in [0.25, 0.3) is 0 Å². The molecule has 92 valence electrons. The van der Waals surface area contributed by atoms with Gasteiger partial charge < -0.3 is 0 Å². The lowest BCUT2D eigenvalue weighted by Crippen LogP contribution is -2.17. The van der Waals surface area contributed by atoms with Crippen molar-refractivity contribution in [2.75, 3.05) is 0 Å². The van der Waals surface area contributed by atoms with Crippen molar-refractivity contribution >= 4 is 5.78 Å². The van der Waals surface area contributed by atoms with E-state index in [4.69, 9.17) is 0 Å². The van der Waals surface area contributed by atoms with Gasteiger partial charge in [-0.3, -0.25) is 4.79 Å². The molecule has 2 rings (SSSR count). The number of carbonyl (C=O) groups is 1. The number of carbonyl (C=O) groups excluding carboxylic acids is 1. The van der Waals surface area contributed by atoms with Crippen LogP contribution in [0.5, 0.6) is 0 Å². The highest BCUT2D eigenvalue weighted by Gasteiger charge is 2.35. The molecule has 1 nitrogen and oxygen atoms in total. The Balaban J connectivity index is 2.34. The van der Waals surface area contributed by atoms with Crippen molar-refractivity contribution in [3.63, 3.8) is 0 Å². The van der Waals surface area contributed by atoms with Crippen LogP contribution in [0.1, 0.15) is 42.7 Å². The van der Waals surface area contributed by atoms with Gasteiger partial charge in [0.25, 0.3) is 0 Å². The number of ketones is 1. The molecule has 0 amide bonds. The second-order valence-electron chi connectivity index (χ2n) is 4.42. The number of Topliss-reactive ketones (excluding diaryl/α,β-unsaturated/α-hetero) is 1. The van der Waals surface area contributed by atoms with Crippen LogP contribution in [0.4, 0.5) is 13.2 Å². The van der Waals surface area contributed by atoms with E-state index in [-0.39, 0.29) is 23.7 Å². The molecule has 1 aliphatic rings. The summed E-state index contributed by atoms with van der Waals surface area (Å²) < 4.78 is 38.4. The molecule has 0 saturated heterocycles. The molecule has 0 N–H and O–H groups in total. The van der Waals surface area contributed by atoms with Crippen molar-refractivity contribution in [2.24, 2.45) is 0 Å². The van der Waals surface area contributed by atoms with Crippen LogP contribution < -0.4 is 0 Å². The minimum atomic E-state index is -4.34. The molecular weight excluding hydrogens is 229 g/mol. The molecule has 1 aromatic rings. The zero-order valence-electron chi connectivity index (χ0n) is 9.26. The Morgan fingerprint density at radius 1 is 1.18 bits per heavy atom. The first-order valence-electron chi connectivity index (χ1n) is 5.66. The summed E-state index contributed by atoms with van der Waals surface area (Å²) in [4.78, 5) is 11.3. The average molecular weight is 242 g/mol. The third-order valence-corrected chi connectivity index (χ3v) is 3.19. The molecule has 0 aliphatic heterocycles. The average Bonchev–Trinajstić information content (AvgIpc) is 2.28. The Morgan fingerprint density at radius 2 is 1.88 bits per heavy atom. The van der Waals surface area contributed by atoms with Crippen LogP contribution in [0.15, 0.2) is 24.3 Å². The molecule has 4 heteroatoms. The number of rotatable bonds is 1. The summed E-state index contributed by atoms with van der Waals surface area (Å²) in [5, 5.41) is 0. The van der Waals surface area contributed by atoms with Crippen LogP contribution >= 0.6 is 0 Å². The fourth-order valence-electron chi connectivity index (χ4n) is 2.40. The van der Waals surface area contributed by atoms with Crippen LogP contribution in [0.2, 0.25) is 0 Å². The maximum absolute atomic E-state index is 12.8. The van der Waals surface area contributed by atoms with Gasteiger partial charge in [0.15, 0.2) is 0 Å². The summed E-state index contributed by atoms with van der Waals surface area (Å²) in [6.07, 6.45) is -2.23. The van der Waals surface area contributed by atoms with E-state index in [1.54, 1.807) is 6.07 Å². The minimum absolute atomic E-state index is 0.0678. The fourth-order valence-corrected chi connectivity index (χ4v) is 2.40. The Kier molecular flexibility index (Phi) is 3.22. The molecule has 0 spiro atoms. The van der Waals surface area contributed by atoms with E-state index in [1.165, 1.54) is 12.1 Å². The van der Waals surface area contributed by atoms with Gasteiger partial charge in [-0.15, -0.1) is 0 Å². The Labute approximate surface area is 97.6 Å². The molecule has 1 saturated carbocycles. The normalized spacial score (nSPS) is 21.6. The maximum Gasteiger partial charge on any atom is 0.416 e. The van der Waals surface area contributed by atoms with Gasteiger partial charge in [0, 0.05) is 12.8 Å². The highest BCUT2D eigenvalue weighted by atomic mass is 19.4. The van der Waals surface area contributed by atoms with Crippen molar-refractivity contribution in [3.05, 3.63) is 35.4 Å². The van der Waals surface area contributed by atoms with E-state index in [9.17, 15) is 18.0 Å². The van der Waals surface area contributed by atoms with Gasteiger partial charge >= 0.3 is 6.18 Å². The Bertz CT molecular complexity index is 423. The lowest BCUT2D eigenvalue weighted by molar-refractivity contribution is -0.138. The van der Waals surface area contributed by atoms with Gasteiger partial charge in [-0.05, 0) is 30.4 Å². The number of hydrogen-bond acceptors (Lipinski definition) is 1. The van der Waals surface area contributed by atoms with E-state index in [0.29, 0.717) is 19.3 Å². The van der Waals surface area contributed by atoms with Crippen LogP contribution in [0.3, 0.4) is 0 Å². The SMILES string of the molecule is O=C1CCCC(c2ccccc2C(F)(F)F)C1. The van der Waals surface area contributed by atoms with Gasteiger partial charge in [-0.25, -0.2) is 0 Å². The zero-order chi connectivity index (χ0) is 12.5. The summed E-state index contributed by atoms with van der Waals surface area (Å²) >= 11 is 0. The molecule has 0 aromatic heterocycles. The van der Waals surface area contributed by atoms with Crippen molar-refractivity contribution in [1.29, 1.82) is 0 Å². The summed E-state index contributed by atoms with van der Waals surface area (Å²) in [5.41, 5.74) is -0.326. The first-order chi connectivity index (χ1) is 7.98. The first-order valence-corrected chi connectivity index (χ1v) is 5.66. The van der Waals surface area contributed by atoms with Gasteiger partial charge in [0.05, 0.1) is 5.56 Å². The number of benzene rings is 1. The van der Waals surface area contributed by atoms with Crippen LogP contribution in [0, 0.1) is 0 Å². The second-order valence-corrected chi connectivity index (χ2v) is 4.42. The smallest absolute Gasteiger partial charge is 0.300 e. The molecule has 0 radical (unpaired) electrons. The van der Waals surface area contributed by atoms with Gasteiger partial charge in [0.1, 0.15) is 5.78 Å². The third kappa shape index (κ3) is 2.68. The monoisotopic (exact) mass is 242 g/mol. The summed E-state index contributed by atoms with van der Waals surface area (Å²) in [7, 11) is 0. The highest BCUT2D eigenvalue weighted by Crippen LogP contribution is 2.39. The standard InChI is InChI=1S/C13H13F3O/c14-13(15,16)12-7-2-1-6-11(12)9-4-3-5-10(17)8-9/h1-2,6-7,9H,3-5,8H2. The Morgan fingerprint density at radius 3 is 2.53 bits per heavy atom. The molecule has 1 aromatic carbocycles. The highest BCUT2D eigenvalue weighted by molar-refractivity contribution is 5.80. The molecule has 0 bridgehead atoms. The number of halogens is 3.